The number of ketones is 1. The summed E-state index contributed by atoms with van der Waals surface area (Å²) in [7, 11) is 0. The van der Waals surface area contributed by atoms with Crippen molar-refractivity contribution in [3.05, 3.63) is 10.6 Å². The molecule has 1 aliphatic carbocycles. The Morgan fingerprint density at radius 1 is 1.05 bits per heavy atom. The number of anilines is 1. The summed E-state index contributed by atoms with van der Waals surface area (Å²) >= 11 is 1.64. The fourth-order valence-corrected chi connectivity index (χ4v) is 5.00. The van der Waals surface area contributed by atoms with Crippen LogP contribution in [0.1, 0.15) is 53.9 Å². The molecule has 5 heteroatoms. The number of aryl methyl sites for hydroxylation is 1. The SMILES string of the molecule is O=C1CCCc2nc(N3CCC(N4CCCCC4)C3)sc21. The maximum absolute atomic E-state index is 12.0. The number of thiazole rings is 1. The maximum atomic E-state index is 12.0. The summed E-state index contributed by atoms with van der Waals surface area (Å²) in [6, 6.07) is 0.696. The normalized spacial score (nSPS) is 27.1. The second kappa shape index (κ2) is 5.69. The number of fused-ring (bicyclic) bond motifs is 1. The fraction of sp³-hybridized carbons (Fsp3) is 0.750. The molecule has 1 atom stereocenters. The lowest BCUT2D eigenvalue weighted by Crippen LogP contribution is -2.40. The van der Waals surface area contributed by atoms with Crippen LogP contribution in [0.5, 0.6) is 0 Å². The van der Waals surface area contributed by atoms with Crippen LogP contribution in [0, 0.1) is 0 Å². The lowest BCUT2D eigenvalue weighted by Gasteiger charge is -2.32. The molecule has 0 saturated carbocycles. The molecule has 0 spiro atoms. The molecule has 0 bridgehead atoms. The Bertz CT molecular complexity index is 536. The minimum Gasteiger partial charge on any atom is -0.346 e. The van der Waals surface area contributed by atoms with E-state index in [9.17, 15) is 4.79 Å². The molecule has 2 aliphatic heterocycles. The van der Waals surface area contributed by atoms with Crippen molar-refractivity contribution < 1.29 is 4.79 Å². The molecule has 0 amide bonds. The minimum atomic E-state index is 0.312. The predicted molar refractivity (Wildman–Crippen MR) is 85.4 cm³/mol. The summed E-state index contributed by atoms with van der Waals surface area (Å²) < 4.78 is 0. The number of hydrogen-bond donors (Lipinski definition) is 0. The van der Waals surface area contributed by atoms with Gasteiger partial charge in [0, 0.05) is 25.6 Å². The highest BCUT2D eigenvalue weighted by atomic mass is 32.1. The highest BCUT2D eigenvalue weighted by Gasteiger charge is 2.31. The molecule has 4 nitrogen and oxygen atoms in total. The van der Waals surface area contributed by atoms with Gasteiger partial charge in [0.2, 0.25) is 0 Å². The Hall–Kier alpha value is -0.940. The average molecular weight is 305 g/mol. The predicted octanol–water partition coefficient (Wildman–Crippen LogP) is 2.73. The summed E-state index contributed by atoms with van der Waals surface area (Å²) in [6.07, 6.45) is 8.04. The van der Waals surface area contributed by atoms with Gasteiger partial charge >= 0.3 is 0 Å². The largest absolute Gasteiger partial charge is 0.346 e. The van der Waals surface area contributed by atoms with Crippen LogP contribution in [0.2, 0.25) is 0 Å². The first-order valence-corrected chi connectivity index (χ1v) is 9.15. The van der Waals surface area contributed by atoms with E-state index in [1.54, 1.807) is 11.3 Å². The zero-order valence-corrected chi connectivity index (χ0v) is 13.3. The molecule has 3 aliphatic rings. The molecule has 3 heterocycles. The van der Waals surface area contributed by atoms with E-state index in [2.05, 4.69) is 9.80 Å². The maximum Gasteiger partial charge on any atom is 0.186 e. The summed E-state index contributed by atoms with van der Waals surface area (Å²) in [5.74, 6) is 0.312. The van der Waals surface area contributed by atoms with E-state index in [-0.39, 0.29) is 0 Å². The van der Waals surface area contributed by atoms with Gasteiger partial charge in [0.15, 0.2) is 10.9 Å². The van der Waals surface area contributed by atoms with Gasteiger partial charge in [-0.1, -0.05) is 17.8 Å². The van der Waals surface area contributed by atoms with Crippen LogP contribution in [-0.4, -0.2) is 47.9 Å². The Kier molecular flexibility index (Phi) is 3.71. The lowest BCUT2D eigenvalue weighted by atomic mass is 10.0. The van der Waals surface area contributed by atoms with Gasteiger partial charge in [-0.05, 0) is 45.2 Å². The van der Waals surface area contributed by atoms with Crippen molar-refractivity contribution in [2.75, 3.05) is 31.1 Å². The molecule has 1 aromatic heterocycles. The zero-order valence-electron chi connectivity index (χ0n) is 12.5. The van der Waals surface area contributed by atoms with Gasteiger partial charge in [-0.15, -0.1) is 0 Å². The highest BCUT2D eigenvalue weighted by Crippen LogP contribution is 2.34. The molecule has 2 fully saturated rings. The van der Waals surface area contributed by atoms with Gasteiger partial charge in [-0.3, -0.25) is 9.69 Å². The number of rotatable bonds is 2. The quantitative estimate of drug-likeness (QED) is 0.842. The third kappa shape index (κ3) is 2.61. The van der Waals surface area contributed by atoms with Crippen molar-refractivity contribution in [3.8, 4) is 0 Å². The van der Waals surface area contributed by atoms with E-state index in [4.69, 9.17) is 4.98 Å². The first kappa shape index (κ1) is 13.7. The highest BCUT2D eigenvalue weighted by molar-refractivity contribution is 7.17. The van der Waals surface area contributed by atoms with Crippen molar-refractivity contribution in [1.29, 1.82) is 0 Å². The van der Waals surface area contributed by atoms with E-state index < -0.39 is 0 Å². The number of aromatic nitrogens is 1. The summed E-state index contributed by atoms with van der Waals surface area (Å²) in [5.41, 5.74) is 1.06. The summed E-state index contributed by atoms with van der Waals surface area (Å²) in [4.78, 5) is 22.8. The topological polar surface area (TPSA) is 36.4 Å². The number of hydrogen-bond acceptors (Lipinski definition) is 5. The molecule has 1 unspecified atom stereocenters. The molecule has 4 rings (SSSR count). The van der Waals surface area contributed by atoms with Gasteiger partial charge in [-0.2, -0.15) is 0 Å². The number of nitrogens with zero attached hydrogens (tertiary/aromatic N) is 3. The Morgan fingerprint density at radius 3 is 2.71 bits per heavy atom. The Morgan fingerprint density at radius 2 is 1.90 bits per heavy atom. The second-order valence-corrected chi connectivity index (χ2v) is 7.51. The van der Waals surface area contributed by atoms with Gasteiger partial charge < -0.3 is 4.90 Å². The van der Waals surface area contributed by atoms with Crippen LogP contribution in [0.25, 0.3) is 0 Å². The number of Topliss-reactive ketones (excluding diaryl/α,β-unsaturated/α-hetero) is 1. The number of carbonyl (C=O) groups is 1. The molecular weight excluding hydrogens is 282 g/mol. The van der Waals surface area contributed by atoms with Crippen molar-refractivity contribution in [1.82, 2.24) is 9.88 Å². The van der Waals surface area contributed by atoms with Crippen LogP contribution in [0.4, 0.5) is 5.13 Å². The lowest BCUT2D eigenvalue weighted by molar-refractivity contribution is 0.0976. The molecule has 21 heavy (non-hydrogen) atoms. The molecule has 0 radical (unpaired) electrons. The van der Waals surface area contributed by atoms with Crippen LogP contribution in [0.15, 0.2) is 0 Å². The molecule has 0 aromatic carbocycles. The fourth-order valence-electron chi connectivity index (χ4n) is 3.89. The first-order chi connectivity index (χ1) is 10.3. The van der Waals surface area contributed by atoms with Crippen molar-refractivity contribution in [3.63, 3.8) is 0 Å². The standard InChI is InChI=1S/C16H23N3OS/c20-14-6-4-5-13-15(14)21-16(17-13)19-10-7-12(11-19)18-8-2-1-3-9-18/h12H,1-11H2. The van der Waals surface area contributed by atoms with Gasteiger partial charge in [0.1, 0.15) is 0 Å². The zero-order chi connectivity index (χ0) is 14.2. The van der Waals surface area contributed by atoms with E-state index in [1.165, 1.54) is 38.8 Å². The second-order valence-electron chi connectivity index (χ2n) is 6.53. The summed E-state index contributed by atoms with van der Waals surface area (Å²) in [6.45, 7) is 4.74. The number of piperidine rings is 1. The van der Waals surface area contributed by atoms with Crippen molar-refractivity contribution in [2.45, 2.75) is 51.0 Å². The Balaban J connectivity index is 1.47. The Labute approximate surface area is 130 Å². The molecule has 1 aromatic rings. The van der Waals surface area contributed by atoms with Crippen molar-refractivity contribution >= 4 is 22.3 Å². The third-order valence-electron chi connectivity index (χ3n) is 5.10. The monoisotopic (exact) mass is 305 g/mol. The summed E-state index contributed by atoms with van der Waals surface area (Å²) in [5, 5.41) is 1.09. The molecule has 0 N–H and O–H groups in total. The van der Waals surface area contributed by atoms with Crippen molar-refractivity contribution in [2.24, 2.45) is 0 Å². The smallest absolute Gasteiger partial charge is 0.186 e. The average Bonchev–Trinajstić information content (AvgIpc) is 3.15. The van der Waals surface area contributed by atoms with Gasteiger partial charge in [0.05, 0.1) is 10.6 Å². The minimum absolute atomic E-state index is 0.312. The van der Waals surface area contributed by atoms with Crippen LogP contribution in [-0.2, 0) is 6.42 Å². The third-order valence-corrected chi connectivity index (χ3v) is 6.30. The van der Waals surface area contributed by atoms with Gasteiger partial charge in [-0.25, -0.2) is 4.98 Å². The van der Waals surface area contributed by atoms with E-state index >= 15 is 0 Å². The van der Waals surface area contributed by atoms with E-state index in [0.29, 0.717) is 18.2 Å². The van der Waals surface area contributed by atoms with Crippen LogP contribution >= 0.6 is 11.3 Å². The number of carbonyl (C=O) groups excluding carboxylic acids is 1. The van der Waals surface area contributed by atoms with E-state index in [0.717, 1.165) is 41.6 Å². The molecule has 2 saturated heterocycles. The van der Waals surface area contributed by atoms with E-state index in [1.807, 2.05) is 0 Å². The van der Waals surface area contributed by atoms with Crippen LogP contribution < -0.4 is 4.90 Å². The van der Waals surface area contributed by atoms with Crippen LogP contribution in [0.3, 0.4) is 0 Å². The molecule has 114 valence electrons. The number of likely N-dealkylation sites (tertiary alicyclic amines) is 1. The first-order valence-electron chi connectivity index (χ1n) is 8.33. The van der Waals surface area contributed by atoms with Gasteiger partial charge in [0.25, 0.3) is 0 Å². The molecular formula is C16H23N3OS.